The molecule has 5 aromatic rings. The van der Waals surface area contributed by atoms with E-state index in [0.717, 1.165) is 24.1 Å². The van der Waals surface area contributed by atoms with E-state index in [9.17, 15) is 14.4 Å². The molecule has 14 heteroatoms. The van der Waals surface area contributed by atoms with Crippen LogP contribution in [0.3, 0.4) is 0 Å². The predicted molar refractivity (Wildman–Crippen MR) is 141 cm³/mol. The van der Waals surface area contributed by atoms with Gasteiger partial charge in [0.1, 0.15) is 17.6 Å². The topological polar surface area (TPSA) is 158 Å². The first-order valence-corrected chi connectivity index (χ1v) is 12.8. The van der Waals surface area contributed by atoms with Gasteiger partial charge in [-0.2, -0.15) is 24.8 Å². The van der Waals surface area contributed by atoms with Gasteiger partial charge in [-0.1, -0.05) is 0 Å². The van der Waals surface area contributed by atoms with Crippen molar-refractivity contribution in [3.8, 4) is 6.07 Å². The van der Waals surface area contributed by atoms with Crippen molar-refractivity contribution >= 4 is 34.7 Å². The van der Waals surface area contributed by atoms with Crippen molar-refractivity contribution in [3.63, 3.8) is 0 Å². The van der Waals surface area contributed by atoms with Crippen molar-refractivity contribution in [2.24, 2.45) is 0 Å². The van der Waals surface area contributed by atoms with Gasteiger partial charge in [0.2, 0.25) is 17.8 Å². The van der Waals surface area contributed by atoms with E-state index in [-0.39, 0.29) is 11.9 Å². The molecular weight excluding hydrogens is 515 g/mol. The smallest absolute Gasteiger partial charge is 0.247 e. The van der Waals surface area contributed by atoms with Crippen LogP contribution in [0.25, 0.3) is 5.52 Å². The number of fused-ring (bicyclic) bond motifs is 1. The van der Waals surface area contributed by atoms with Crippen LogP contribution in [0.2, 0.25) is 0 Å². The number of aromatic nitrogens is 8. The molecule has 6 heterocycles. The minimum Gasteiger partial charge on any atom is -0.325 e. The van der Waals surface area contributed by atoms with Crippen molar-refractivity contribution in [3.05, 3.63) is 72.3 Å². The first-order valence-electron chi connectivity index (χ1n) is 12.8. The Balaban J connectivity index is 1.23. The van der Waals surface area contributed by atoms with Crippen LogP contribution in [-0.4, -0.2) is 58.1 Å². The number of hydrogen-bond donors (Lipinski definition) is 3. The van der Waals surface area contributed by atoms with E-state index in [2.05, 4.69) is 37.0 Å². The quantitative estimate of drug-likeness (QED) is 0.265. The lowest BCUT2D eigenvalue weighted by atomic mass is 10.1. The van der Waals surface area contributed by atoms with Gasteiger partial charge in [-0.05, 0) is 37.1 Å². The third-order valence-corrected chi connectivity index (χ3v) is 7.18. The van der Waals surface area contributed by atoms with Crippen molar-refractivity contribution < 1.29 is 9.18 Å². The number of H-pyrrole nitrogens is 1. The lowest BCUT2D eigenvalue weighted by Gasteiger charge is -2.24. The van der Waals surface area contributed by atoms with Crippen LogP contribution >= 0.6 is 0 Å². The molecule has 0 spiro atoms. The number of nitriles is 1. The average molecular weight is 539 g/mol. The fourth-order valence-electron chi connectivity index (χ4n) is 5.01. The number of nitrogens with one attached hydrogen (secondary N) is 3. The van der Waals surface area contributed by atoms with E-state index in [4.69, 9.17) is 10.1 Å². The Kier molecular flexibility index (Phi) is 5.62. The van der Waals surface area contributed by atoms with Crippen molar-refractivity contribution in [2.75, 3.05) is 22.1 Å². The Morgan fingerprint density at radius 3 is 2.90 bits per heavy atom. The maximum Gasteiger partial charge on any atom is 0.247 e. The molecule has 13 nitrogen and oxygen atoms in total. The highest BCUT2D eigenvalue weighted by Gasteiger charge is 2.40. The van der Waals surface area contributed by atoms with Crippen LogP contribution < -0.4 is 15.5 Å². The summed E-state index contributed by atoms with van der Waals surface area (Å²) in [5, 5.41) is 31.9. The van der Waals surface area contributed by atoms with Gasteiger partial charge in [0, 0.05) is 43.0 Å². The van der Waals surface area contributed by atoms with E-state index >= 15 is 0 Å². The Morgan fingerprint density at radius 2 is 2.12 bits per heavy atom. The number of carbonyl (C=O) groups excluding carboxylic acids is 1. The van der Waals surface area contributed by atoms with Gasteiger partial charge < -0.3 is 15.5 Å². The molecular formula is C26H23FN12O. The van der Waals surface area contributed by atoms with Crippen molar-refractivity contribution in [1.82, 2.24) is 39.6 Å². The normalized spacial score (nSPS) is 18.6. The molecule has 2 atom stereocenters. The summed E-state index contributed by atoms with van der Waals surface area (Å²) in [6, 6.07) is 9.56. The number of hydrogen-bond acceptors (Lipinski definition) is 9. The van der Waals surface area contributed by atoms with Gasteiger partial charge in [0.05, 0.1) is 29.7 Å². The van der Waals surface area contributed by atoms with Crippen molar-refractivity contribution in [2.45, 2.75) is 37.3 Å². The highest BCUT2D eigenvalue weighted by molar-refractivity contribution is 5.97. The van der Waals surface area contributed by atoms with E-state index in [1.807, 2.05) is 29.3 Å². The number of aromatic amines is 1. The second-order valence-electron chi connectivity index (χ2n) is 9.94. The molecule has 1 aliphatic carbocycles. The Hall–Kier alpha value is -5.32. The van der Waals surface area contributed by atoms with Gasteiger partial charge in [0.15, 0.2) is 11.6 Å². The minimum atomic E-state index is -0.683. The standard InChI is InChI=1S/C26H23FN12O/c27-22-6-5-17(12-29-22)31-25(40)21-8-18(39-13-15(10-28)11-30-39)14-37(21)26-33-24(20-2-1-7-38(20)36-26)32-23-9-19(34-35-23)16-3-4-16/h1-2,5-7,9,11-13,16,18,21H,3-4,8,14H2,(H,31,40)(H2,32,33,34,35,36)/t18-,21-/m0/s1. The highest BCUT2D eigenvalue weighted by atomic mass is 19.1. The lowest BCUT2D eigenvalue weighted by molar-refractivity contribution is -0.117. The highest BCUT2D eigenvalue weighted by Crippen LogP contribution is 2.40. The van der Waals surface area contributed by atoms with Gasteiger partial charge in [0.25, 0.3) is 0 Å². The number of anilines is 4. The maximum absolute atomic E-state index is 13.5. The summed E-state index contributed by atoms with van der Waals surface area (Å²) in [6.45, 7) is 0.368. The summed E-state index contributed by atoms with van der Waals surface area (Å²) in [6.07, 6.45) is 8.92. The Labute approximate surface area is 226 Å². The van der Waals surface area contributed by atoms with Gasteiger partial charge in [-0.3, -0.25) is 14.6 Å². The van der Waals surface area contributed by atoms with Gasteiger partial charge in [-0.25, -0.2) is 9.50 Å². The third-order valence-electron chi connectivity index (χ3n) is 7.18. The fourth-order valence-corrected chi connectivity index (χ4v) is 5.01. The molecule has 0 aromatic carbocycles. The molecule has 1 saturated carbocycles. The van der Waals surface area contributed by atoms with E-state index in [1.54, 1.807) is 15.4 Å². The van der Waals surface area contributed by atoms with Crippen LogP contribution in [0.4, 0.5) is 27.7 Å². The van der Waals surface area contributed by atoms with Crippen LogP contribution in [0, 0.1) is 17.3 Å². The first-order chi connectivity index (χ1) is 19.5. The second kappa shape index (κ2) is 9.45. The number of rotatable bonds is 7. The molecule has 5 aromatic heterocycles. The predicted octanol–water partition coefficient (Wildman–Crippen LogP) is 3.13. The monoisotopic (exact) mass is 538 g/mol. The summed E-state index contributed by atoms with van der Waals surface area (Å²) in [5.41, 5.74) is 2.64. The zero-order valence-electron chi connectivity index (χ0n) is 21.1. The summed E-state index contributed by atoms with van der Waals surface area (Å²) in [5.74, 6) is 1.08. The summed E-state index contributed by atoms with van der Waals surface area (Å²) in [7, 11) is 0. The molecule has 0 radical (unpaired) electrons. The van der Waals surface area contributed by atoms with E-state index < -0.39 is 12.0 Å². The van der Waals surface area contributed by atoms with Gasteiger partial charge in [-0.15, -0.1) is 5.10 Å². The molecule has 0 bridgehead atoms. The first kappa shape index (κ1) is 23.8. The molecule has 1 saturated heterocycles. The number of nitrogens with zero attached hydrogens (tertiary/aromatic N) is 9. The molecule has 200 valence electrons. The number of amides is 1. The zero-order valence-corrected chi connectivity index (χ0v) is 21.1. The number of halogens is 1. The molecule has 7 rings (SSSR count). The zero-order chi connectivity index (χ0) is 27.2. The molecule has 1 amide bonds. The average Bonchev–Trinajstić information content (AvgIpc) is 3.39. The van der Waals surface area contributed by atoms with E-state index in [0.29, 0.717) is 47.7 Å². The summed E-state index contributed by atoms with van der Waals surface area (Å²) >= 11 is 0. The van der Waals surface area contributed by atoms with Crippen LogP contribution in [0.15, 0.2) is 55.1 Å². The SMILES string of the molecule is N#Cc1cnn([C@H]2C[C@@H](C(=O)Nc3ccc(F)nc3)N(c3nc(Nc4cc(C5CC5)[nH]n4)c4cccn4n3)C2)c1. The molecule has 2 fully saturated rings. The molecule has 1 aliphatic heterocycles. The summed E-state index contributed by atoms with van der Waals surface area (Å²) < 4.78 is 16.7. The Morgan fingerprint density at radius 1 is 1.23 bits per heavy atom. The fraction of sp³-hybridized carbons (Fsp3) is 0.269. The third kappa shape index (κ3) is 4.47. The largest absolute Gasteiger partial charge is 0.325 e. The van der Waals surface area contributed by atoms with Crippen molar-refractivity contribution in [1.29, 1.82) is 5.26 Å². The second-order valence-corrected chi connectivity index (χ2v) is 9.94. The molecule has 40 heavy (non-hydrogen) atoms. The van der Waals surface area contributed by atoms with Crippen LogP contribution in [0.1, 0.15) is 42.5 Å². The van der Waals surface area contributed by atoms with Crippen LogP contribution in [-0.2, 0) is 4.79 Å². The van der Waals surface area contributed by atoms with Gasteiger partial charge >= 0.3 is 0 Å². The number of pyridine rings is 1. The summed E-state index contributed by atoms with van der Waals surface area (Å²) in [4.78, 5) is 23.8. The molecule has 0 unspecified atom stereocenters. The maximum atomic E-state index is 13.5. The van der Waals surface area contributed by atoms with E-state index in [1.165, 1.54) is 24.5 Å². The van der Waals surface area contributed by atoms with Crippen LogP contribution in [0.5, 0.6) is 0 Å². The minimum absolute atomic E-state index is 0.225. The number of carbonyl (C=O) groups is 1. The lowest BCUT2D eigenvalue weighted by Crippen LogP contribution is -2.41. The molecule has 2 aliphatic rings. The molecule has 3 N–H and O–H groups in total. The Bertz CT molecular complexity index is 1750.